The van der Waals surface area contributed by atoms with E-state index in [1.54, 1.807) is 24.3 Å². The number of carbonyl (C=O) groups excluding carboxylic acids is 1. The first-order valence-corrected chi connectivity index (χ1v) is 7.12. The maximum Gasteiger partial charge on any atom is 0.255 e. The van der Waals surface area contributed by atoms with Crippen LogP contribution in [0, 0.1) is 9.39 Å². The first-order chi connectivity index (χ1) is 10.1. The molecule has 0 bridgehead atoms. The molecule has 2 aromatic carbocycles. The highest BCUT2D eigenvalue weighted by Gasteiger charge is 2.15. The molecular formula is C15H13FINO3. The van der Waals surface area contributed by atoms with Crippen LogP contribution in [0.5, 0.6) is 11.5 Å². The van der Waals surface area contributed by atoms with E-state index >= 15 is 0 Å². The molecular weight excluding hydrogens is 388 g/mol. The summed E-state index contributed by atoms with van der Waals surface area (Å²) >= 11 is 2.05. The molecule has 6 heteroatoms. The van der Waals surface area contributed by atoms with Crippen molar-refractivity contribution < 1.29 is 18.7 Å². The van der Waals surface area contributed by atoms with E-state index in [0.717, 1.165) is 3.57 Å². The minimum atomic E-state index is -0.485. The summed E-state index contributed by atoms with van der Waals surface area (Å²) in [6.07, 6.45) is 0. The van der Waals surface area contributed by atoms with E-state index in [-0.39, 0.29) is 5.69 Å². The van der Waals surface area contributed by atoms with Crippen molar-refractivity contribution >= 4 is 34.2 Å². The molecule has 0 aromatic heterocycles. The van der Waals surface area contributed by atoms with Crippen molar-refractivity contribution in [2.24, 2.45) is 0 Å². The van der Waals surface area contributed by atoms with Crippen molar-refractivity contribution in [2.75, 3.05) is 19.5 Å². The van der Waals surface area contributed by atoms with E-state index in [9.17, 15) is 9.18 Å². The summed E-state index contributed by atoms with van der Waals surface area (Å²) in [7, 11) is 3.02. The lowest BCUT2D eigenvalue weighted by Gasteiger charge is -2.12. The average Bonchev–Trinajstić information content (AvgIpc) is 2.48. The topological polar surface area (TPSA) is 47.6 Å². The Labute approximate surface area is 135 Å². The van der Waals surface area contributed by atoms with Gasteiger partial charge in [0.2, 0.25) is 0 Å². The van der Waals surface area contributed by atoms with Gasteiger partial charge in [-0.15, -0.1) is 0 Å². The number of nitrogens with one attached hydrogen (secondary N) is 1. The van der Waals surface area contributed by atoms with Gasteiger partial charge in [0.25, 0.3) is 5.91 Å². The zero-order chi connectivity index (χ0) is 15.4. The Morgan fingerprint density at radius 2 is 1.90 bits per heavy atom. The second kappa shape index (κ2) is 6.75. The standard InChI is InChI=1S/C15H13FINO3/c1-20-13-8-9(7-11(17)14(13)21-2)15(19)18-12-6-4-3-5-10(12)16/h3-8H,1-2H3,(H,18,19). The van der Waals surface area contributed by atoms with Gasteiger partial charge < -0.3 is 14.8 Å². The number of amides is 1. The molecule has 0 unspecified atom stereocenters. The van der Waals surface area contributed by atoms with Crippen LogP contribution in [-0.4, -0.2) is 20.1 Å². The highest BCUT2D eigenvalue weighted by Crippen LogP contribution is 2.33. The third-order valence-electron chi connectivity index (χ3n) is 2.82. The van der Waals surface area contributed by atoms with E-state index < -0.39 is 11.7 Å². The first kappa shape index (κ1) is 15.6. The van der Waals surface area contributed by atoms with Crippen molar-refractivity contribution in [1.82, 2.24) is 0 Å². The van der Waals surface area contributed by atoms with Crippen molar-refractivity contribution in [3.05, 3.63) is 51.3 Å². The van der Waals surface area contributed by atoms with Crippen molar-refractivity contribution in [1.29, 1.82) is 0 Å². The largest absolute Gasteiger partial charge is 0.493 e. The Balaban J connectivity index is 2.32. The molecule has 21 heavy (non-hydrogen) atoms. The smallest absolute Gasteiger partial charge is 0.255 e. The van der Waals surface area contributed by atoms with Gasteiger partial charge in [-0.3, -0.25) is 4.79 Å². The monoisotopic (exact) mass is 401 g/mol. The lowest BCUT2D eigenvalue weighted by atomic mass is 10.2. The van der Waals surface area contributed by atoms with E-state index in [0.29, 0.717) is 17.1 Å². The van der Waals surface area contributed by atoms with Gasteiger partial charge in [0.05, 0.1) is 23.5 Å². The first-order valence-electron chi connectivity index (χ1n) is 6.04. The third kappa shape index (κ3) is 3.44. The summed E-state index contributed by atoms with van der Waals surface area (Å²) in [4.78, 5) is 12.2. The lowest BCUT2D eigenvalue weighted by Crippen LogP contribution is -2.13. The van der Waals surface area contributed by atoms with Gasteiger partial charge in [-0.05, 0) is 46.9 Å². The molecule has 2 rings (SSSR count). The summed E-state index contributed by atoms with van der Waals surface area (Å²) in [6, 6.07) is 9.20. The SMILES string of the molecule is COc1cc(C(=O)Nc2ccccc2F)cc(I)c1OC. The molecule has 110 valence electrons. The van der Waals surface area contributed by atoms with Crippen LogP contribution in [0.3, 0.4) is 0 Å². The van der Waals surface area contributed by atoms with Crippen molar-refractivity contribution in [3.8, 4) is 11.5 Å². The van der Waals surface area contributed by atoms with Crippen molar-refractivity contribution in [2.45, 2.75) is 0 Å². The summed E-state index contributed by atoms with van der Waals surface area (Å²) < 4.78 is 24.7. The number of hydrogen-bond donors (Lipinski definition) is 1. The summed E-state index contributed by atoms with van der Waals surface area (Å²) in [6.45, 7) is 0. The molecule has 2 aromatic rings. The van der Waals surface area contributed by atoms with E-state index in [1.807, 2.05) is 22.6 Å². The molecule has 1 N–H and O–H groups in total. The number of ether oxygens (including phenoxy) is 2. The number of para-hydroxylation sites is 1. The van der Waals surface area contributed by atoms with Crippen LogP contribution in [-0.2, 0) is 0 Å². The fourth-order valence-electron chi connectivity index (χ4n) is 1.81. The number of methoxy groups -OCH3 is 2. The van der Waals surface area contributed by atoms with Gasteiger partial charge in [-0.1, -0.05) is 12.1 Å². The number of hydrogen-bond acceptors (Lipinski definition) is 3. The van der Waals surface area contributed by atoms with Crippen LogP contribution in [0.1, 0.15) is 10.4 Å². The zero-order valence-corrected chi connectivity index (χ0v) is 13.6. The Hall–Kier alpha value is -1.83. The second-order valence-electron chi connectivity index (χ2n) is 4.13. The maximum absolute atomic E-state index is 13.5. The summed E-state index contributed by atoms with van der Waals surface area (Å²) in [5.41, 5.74) is 0.493. The number of benzene rings is 2. The zero-order valence-electron chi connectivity index (χ0n) is 11.4. The quantitative estimate of drug-likeness (QED) is 0.796. The molecule has 0 heterocycles. The molecule has 4 nitrogen and oxygen atoms in total. The molecule has 0 spiro atoms. The molecule has 0 atom stereocenters. The van der Waals surface area contributed by atoms with Gasteiger partial charge in [0.15, 0.2) is 11.5 Å². The predicted molar refractivity (Wildman–Crippen MR) is 86.6 cm³/mol. The normalized spacial score (nSPS) is 10.1. The molecule has 0 aliphatic heterocycles. The van der Waals surface area contributed by atoms with Gasteiger partial charge in [-0.2, -0.15) is 0 Å². The number of rotatable bonds is 4. The van der Waals surface area contributed by atoms with Crippen LogP contribution >= 0.6 is 22.6 Å². The van der Waals surface area contributed by atoms with Gasteiger partial charge in [0.1, 0.15) is 5.82 Å². The predicted octanol–water partition coefficient (Wildman–Crippen LogP) is 3.70. The molecule has 0 saturated carbocycles. The highest BCUT2D eigenvalue weighted by atomic mass is 127. The fourth-order valence-corrected chi connectivity index (χ4v) is 2.63. The van der Waals surface area contributed by atoms with Crippen LogP contribution in [0.15, 0.2) is 36.4 Å². The van der Waals surface area contributed by atoms with Crippen LogP contribution in [0.4, 0.5) is 10.1 Å². The maximum atomic E-state index is 13.5. The summed E-state index contributed by atoms with van der Waals surface area (Å²) in [5.74, 6) is 0.101. The highest BCUT2D eigenvalue weighted by molar-refractivity contribution is 14.1. The molecule has 0 saturated heterocycles. The van der Waals surface area contributed by atoms with Crippen molar-refractivity contribution in [3.63, 3.8) is 0 Å². The Kier molecular flexibility index (Phi) is 5.00. The minimum Gasteiger partial charge on any atom is -0.493 e. The fraction of sp³-hybridized carbons (Fsp3) is 0.133. The number of carbonyl (C=O) groups is 1. The second-order valence-corrected chi connectivity index (χ2v) is 5.29. The Morgan fingerprint density at radius 1 is 1.19 bits per heavy atom. The van der Waals surface area contributed by atoms with E-state index in [4.69, 9.17) is 9.47 Å². The molecule has 0 aliphatic carbocycles. The number of halogens is 2. The van der Waals surface area contributed by atoms with Crippen LogP contribution in [0.25, 0.3) is 0 Å². The Morgan fingerprint density at radius 3 is 2.52 bits per heavy atom. The molecule has 0 aliphatic rings. The van der Waals surface area contributed by atoms with Crippen LogP contribution < -0.4 is 14.8 Å². The lowest BCUT2D eigenvalue weighted by molar-refractivity contribution is 0.102. The van der Waals surface area contributed by atoms with Gasteiger partial charge in [-0.25, -0.2) is 4.39 Å². The molecule has 1 amide bonds. The van der Waals surface area contributed by atoms with E-state index in [2.05, 4.69) is 5.32 Å². The third-order valence-corrected chi connectivity index (χ3v) is 3.62. The van der Waals surface area contributed by atoms with Gasteiger partial charge in [0, 0.05) is 5.56 Å². The van der Waals surface area contributed by atoms with Crippen LogP contribution in [0.2, 0.25) is 0 Å². The van der Waals surface area contributed by atoms with E-state index in [1.165, 1.54) is 26.4 Å². The Bertz CT molecular complexity index is 676. The molecule has 0 radical (unpaired) electrons. The minimum absolute atomic E-state index is 0.132. The number of anilines is 1. The summed E-state index contributed by atoms with van der Waals surface area (Å²) in [5, 5.41) is 2.53. The van der Waals surface area contributed by atoms with Gasteiger partial charge >= 0.3 is 0 Å². The molecule has 0 fully saturated rings. The average molecular weight is 401 g/mol.